The molecule has 82 valence electrons. The van der Waals surface area contributed by atoms with Crippen LogP contribution >= 0.6 is 0 Å². The van der Waals surface area contributed by atoms with E-state index in [9.17, 15) is 0 Å². The Morgan fingerprint density at radius 2 is 2.27 bits per heavy atom. The summed E-state index contributed by atoms with van der Waals surface area (Å²) in [4.78, 5) is 8.83. The van der Waals surface area contributed by atoms with Crippen molar-refractivity contribution in [1.29, 1.82) is 0 Å². The monoisotopic (exact) mass is 207 g/mol. The molecule has 1 aromatic heterocycles. The van der Waals surface area contributed by atoms with Gasteiger partial charge in [0.1, 0.15) is 11.6 Å². The molecule has 1 atom stereocenters. The molecule has 0 bridgehead atoms. The zero-order chi connectivity index (χ0) is 10.8. The van der Waals surface area contributed by atoms with Crippen LogP contribution in [0, 0.1) is 0 Å². The van der Waals surface area contributed by atoms with E-state index in [1.54, 1.807) is 0 Å². The topological polar surface area (TPSA) is 61.0 Å². The van der Waals surface area contributed by atoms with Gasteiger partial charge in [-0.3, -0.25) is 0 Å². The molecule has 0 aliphatic carbocycles. The third-order valence-corrected chi connectivity index (χ3v) is 2.67. The van der Waals surface area contributed by atoms with Crippen LogP contribution in [0.2, 0.25) is 0 Å². The van der Waals surface area contributed by atoms with Gasteiger partial charge in [0.05, 0.1) is 6.61 Å². The van der Waals surface area contributed by atoms with Crippen LogP contribution in [0.1, 0.15) is 43.6 Å². The summed E-state index contributed by atoms with van der Waals surface area (Å²) in [6.45, 7) is 5.74. The zero-order valence-corrected chi connectivity index (χ0v) is 9.23. The molecule has 0 aromatic carbocycles. The number of hydrogen-bond acceptors (Lipinski definition) is 4. The lowest BCUT2D eigenvalue weighted by Gasteiger charge is -2.11. The maximum atomic E-state index is 5.77. The van der Waals surface area contributed by atoms with E-state index < -0.39 is 0 Å². The zero-order valence-electron chi connectivity index (χ0n) is 9.23. The first-order valence-corrected chi connectivity index (χ1v) is 5.39. The van der Waals surface area contributed by atoms with Crippen LogP contribution in [0.5, 0.6) is 0 Å². The average Bonchev–Trinajstić information content (AvgIpc) is 2.69. The first kappa shape index (κ1) is 10.4. The quantitative estimate of drug-likeness (QED) is 0.801. The predicted octanol–water partition coefficient (Wildman–Crippen LogP) is 1.69. The number of nitrogens with two attached hydrogens (primary N) is 1. The Bertz CT molecular complexity index is 346. The van der Waals surface area contributed by atoms with Gasteiger partial charge in [-0.05, 0) is 12.3 Å². The van der Waals surface area contributed by atoms with Gasteiger partial charge < -0.3 is 10.5 Å². The van der Waals surface area contributed by atoms with Gasteiger partial charge in [0.15, 0.2) is 0 Å². The number of nitrogen functional groups attached to an aromatic ring is 1. The van der Waals surface area contributed by atoms with Gasteiger partial charge in [0, 0.05) is 24.3 Å². The SMILES string of the molecule is CC(C)c1cc(N)nc(C2CCOC2)n1. The number of rotatable bonds is 2. The molecule has 2 N–H and O–H groups in total. The lowest BCUT2D eigenvalue weighted by Crippen LogP contribution is -2.09. The fourth-order valence-corrected chi connectivity index (χ4v) is 1.72. The van der Waals surface area contributed by atoms with Crippen molar-refractivity contribution in [2.45, 2.75) is 32.1 Å². The molecule has 2 heterocycles. The second kappa shape index (κ2) is 4.14. The highest BCUT2D eigenvalue weighted by molar-refractivity contribution is 5.31. The van der Waals surface area contributed by atoms with Crippen LogP contribution < -0.4 is 5.73 Å². The molecule has 1 aliphatic heterocycles. The summed E-state index contributed by atoms with van der Waals surface area (Å²) in [6.07, 6.45) is 1.00. The molecule has 0 saturated carbocycles. The molecule has 0 amide bonds. The largest absolute Gasteiger partial charge is 0.384 e. The third-order valence-electron chi connectivity index (χ3n) is 2.67. The normalized spacial score (nSPS) is 21.1. The summed E-state index contributed by atoms with van der Waals surface area (Å²) in [5, 5.41) is 0. The summed E-state index contributed by atoms with van der Waals surface area (Å²) < 4.78 is 5.33. The number of aromatic nitrogens is 2. The number of ether oxygens (including phenoxy) is 1. The highest BCUT2D eigenvalue weighted by Crippen LogP contribution is 2.24. The Morgan fingerprint density at radius 1 is 1.47 bits per heavy atom. The number of hydrogen-bond donors (Lipinski definition) is 1. The molecule has 4 heteroatoms. The molecule has 1 aromatic rings. The minimum Gasteiger partial charge on any atom is -0.384 e. The van der Waals surface area contributed by atoms with Gasteiger partial charge in [-0.1, -0.05) is 13.8 Å². The molecule has 1 unspecified atom stereocenters. The first-order valence-electron chi connectivity index (χ1n) is 5.39. The van der Waals surface area contributed by atoms with E-state index in [0.717, 1.165) is 31.2 Å². The van der Waals surface area contributed by atoms with E-state index in [0.29, 0.717) is 17.7 Å². The minimum absolute atomic E-state index is 0.325. The van der Waals surface area contributed by atoms with Gasteiger partial charge in [0.25, 0.3) is 0 Å². The second-order valence-electron chi connectivity index (χ2n) is 4.29. The van der Waals surface area contributed by atoms with Crippen LogP contribution in [0.15, 0.2) is 6.07 Å². The molecular weight excluding hydrogens is 190 g/mol. The van der Waals surface area contributed by atoms with E-state index in [1.165, 1.54) is 0 Å². The maximum Gasteiger partial charge on any atom is 0.136 e. The molecule has 1 aliphatic rings. The van der Waals surface area contributed by atoms with Gasteiger partial charge in [-0.15, -0.1) is 0 Å². The lowest BCUT2D eigenvalue weighted by atomic mass is 10.1. The Morgan fingerprint density at radius 3 is 2.87 bits per heavy atom. The number of nitrogens with zero attached hydrogens (tertiary/aromatic N) is 2. The van der Waals surface area contributed by atoms with E-state index in [2.05, 4.69) is 23.8 Å². The molecule has 2 rings (SSSR count). The van der Waals surface area contributed by atoms with Crippen molar-refractivity contribution in [2.24, 2.45) is 0 Å². The molecular formula is C11H17N3O. The minimum atomic E-state index is 0.325. The standard InChI is InChI=1S/C11H17N3O/c1-7(2)9-5-10(12)14-11(13-9)8-3-4-15-6-8/h5,7-8H,3-4,6H2,1-2H3,(H2,12,13,14). The Balaban J connectivity index is 2.30. The summed E-state index contributed by atoms with van der Waals surface area (Å²) >= 11 is 0. The third kappa shape index (κ3) is 2.26. The van der Waals surface area contributed by atoms with Crippen LogP contribution in [0.3, 0.4) is 0 Å². The van der Waals surface area contributed by atoms with E-state index in [-0.39, 0.29) is 0 Å². The summed E-state index contributed by atoms with van der Waals surface area (Å²) in [5.74, 6) is 2.12. The molecule has 0 spiro atoms. The second-order valence-corrected chi connectivity index (χ2v) is 4.29. The summed E-state index contributed by atoms with van der Waals surface area (Å²) in [7, 11) is 0. The van der Waals surface area contributed by atoms with Gasteiger partial charge in [0.2, 0.25) is 0 Å². The van der Waals surface area contributed by atoms with Crippen LogP contribution in [-0.2, 0) is 4.74 Å². The van der Waals surface area contributed by atoms with Crippen LogP contribution in [-0.4, -0.2) is 23.2 Å². The predicted molar refractivity (Wildman–Crippen MR) is 58.7 cm³/mol. The Kier molecular flexibility index (Phi) is 2.86. The molecule has 1 saturated heterocycles. The van der Waals surface area contributed by atoms with Crippen molar-refractivity contribution >= 4 is 5.82 Å². The van der Waals surface area contributed by atoms with E-state index >= 15 is 0 Å². The molecule has 0 radical (unpaired) electrons. The van der Waals surface area contributed by atoms with Crippen molar-refractivity contribution < 1.29 is 4.74 Å². The van der Waals surface area contributed by atoms with Crippen molar-refractivity contribution in [2.75, 3.05) is 18.9 Å². The average molecular weight is 207 g/mol. The van der Waals surface area contributed by atoms with Gasteiger partial charge in [-0.2, -0.15) is 0 Å². The lowest BCUT2D eigenvalue weighted by molar-refractivity contribution is 0.193. The van der Waals surface area contributed by atoms with Crippen molar-refractivity contribution in [3.8, 4) is 0 Å². The molecule has 15 heavy (non-hydrogen) atoms. The van der Waals surface area contributed by atoms with Gasteiger partial charge >= 0.3 is 0 Å². The highest BCUT2D eigenvalue weighted by atomic mass is 16.5. The maximum absolute atomic E-state index is 5.77. The highest BCUT2D eigenvalue weighted by Gasteiger charge is 2.21. The molecule has 1 fully saturated rings. The summed E-state index contributed by atoms with van der Waals surface area (Å²) in [6, 6.07) is 1.85. The fourth-order valence-electron chi connectivity index (χ4n) is 1.72. The van der Waals surface area contributed by atoms with Crippen LogP contribution in [0.25, 0.3) is 0 Å². The van der Waals surface area contributed by atoms with Crippen molar-refractivity contribution in [1.82, 2.24) is 9.97 Å². The van der Waals surface area contributed by atoms with Gasteiger partial charge in [-0.25, -0.2) is 9.97 Å². The van der Waals surface area contributed by atoms with E-state index in [1.807, 2.05) is 6.07 Å². The Labute approximate surface area is 89.9 Å². The summed E-state index contributed by atoms with van der Waals surface area (Å²) in [5.41, 5.74) is 6.79. The van der Waals surface area contributed by atoms with Crippen molar-refractivity contribution in [3.05, 3.63) is 17.6 Å². The molecule has 4 nitrogen and oxygen atoms in total. The van der Waals surface area contributed by atoms with Crippen molar-refractivity contribution in [3.63, 3.8) is 0 Å². The number of anilines is 1. The van der Waals surface area contributed by atoms with E-state index in [4.69, 9.17) is 10.5 Å². The first-order chi connectivity index (χ1) is 7.16. The Hall–Kier alpha value is -1.16. The fraction of sp³-hybridized carbons (Fsp3) is 0.636. The smallest absolute Gasteiger partial charge is 0.136 e. The van der Waals surface area contributed by atoms with Crippen LogP contribution in [0.4, 0.5) is 5.82 Å².